The normalized spacial score (nSPS) is 15.4. The van der Waals surface area contributed by atoms with Crippen LogP contribution in [0.4, 0.5) is 5.69 Å². The smallest absolute Gasteiger partial charge is 0.0606 e. The average molecular weight is 341 g/mol. The molecular weight excluding hydrogens is 316 g/mol. The van der Waals surface area contributed by atoms with E-state index in [2.05, 4.69) is 65.1 Å². The van der Waals surface area contributed by atoms with Gasteiger partial charge in [-0.25, -0.2) is 0 Å². The molecule has 3 nitrogen and oxygen atoms in total. The van der Waals surface area contributed by atoms with E-state index in [1.54, 1.807) is 0 Å². The van der Waals surface area contributed by atoms with Crippen LogP contribution in [-0.2, 0) is 6.54 Å². The van der Waals surface area contributed by atoms with Crippen molar-refractivity contribution >= 4 is 21.6 Å². The fourth-order valence-corrected chi connectivity index (χ4v) is 2.74. The largest absolute Gasteiger partial charge is 0.395 e. The predicted octanol–water partition coefficient (Wildman–Crippen LogP) is 3.30. The van der Waals surface area contributed by atoms with Crippen molar-refractivity contribution in [3.63, 3.8) is 0 Å². The molecule has 0 heterocycles. The number of nitrogens with one attached hydrogen (secondary N) is 1. The van der Waals surface area contributed by atoms with Crippen molar-refractivity contribution in [3.8, 4) is 0 Å². The summed E-state index contributed by atoms with van der Waals surface area (Å²) in [7, 11) is 0. The number of rotatable bonds is 6. The average Bonchev–Trinajstić information content (AvgIpc) is 3.17. The monoisotopic (exact) mass is 340 g/mol. The fraction of sp³-hybridized carbons (Fsp3) is 0.625. The molecule has 0 spiro atoms. The topological polar surface area (TPSA) is 35.5 Å². The summed E-state index contributed by atoms with van der Waals surface area (Å²) in [5.74, 6) is 0. The van der Waals surface area contributed by atoms with Gasteiger partial charge < -0.3 is 15.3 Å². The van der Waals surface area contributed by atoms with Gasteiger partial charge >= 0.3 is 0 Å². The molecule has 20 heavy (non-hydrogen) atoms. The summed E-state index contributed by atoms with van der Waals surface area (Å²) in [5, 5.41) is 12.9. The highest BCUT2D eigenvalue weighted by molar-refractivity contribution is 9.10. The summed E-state index contributed by atoms with van der Waals surface area (Å²) in [6.07, 6.45) is 2.48. The van der Waals surface area contributed by atoms with E-state index in [9.17, 15) is 5.11 Å². The second-order valence-corrected chi connectivity index (χ2v) is 7.44. The molecule has 0 amide bonds. The molecule has 1 fully saturated rings. The van der Waals surface area contributed by atoms with Crippen LogP contribution >= 0.6 is 15.9 Å². The number of aliphatic hydroxyl groups is 1. The predicted molar refractivity (Wildman–Crippen MR) is 88.2 cm³/mol. The molecule has 1 aliphatic rings. The zero-order valence-corrected chi connectivity index (χ0v) is 14.2. The molecule has 1 aromatic carbocycles. The molecule has 0 radical (unpaired) electrons. The van der Waals surface area contributed by atoms with Crippen molar-refractivity contribution in [2.24, 2.45) is 0 Å². The van der Waals surface area contributed by atoms with E-state index >= 15 is 0 Å². The number of halogens is 1. The molecule has 1 aromatic rings. The number of hydrogen-bond donors (Lipinski definition) is 2. The van der Waals surface area contributed by atoms with Gasteiger partial charge in [0.25, 0.3) is 0 Å². The molecule has 2 N–H and O–H groups in total. The van der Waals surface area contributed by atoms with E-state index in [1.165, 1.54) is 24.1 Å². The summed E-state index contributed by atoms with van der Waals surface area (Å²) in [6, 6.07) is 7.04. The first-order valence-electron chi connectivity index (χ1n) is 7.31. The summed E-state index contributed by atoms with van der Waals surface area (Å²) in [6.45, 7) is 8.30. The van der Waals surface area contributed by atoms with Crippen molar-refractivity contribution in [1.82, 2.24) is 5.32 Å². The first-order valence-corrected chi connectivity index (χ1v) is 8.11. The summed E-state index contributed by atoms with van der Waals surface area (Å²) in [4.78, 5) is 2.35. The maximum absolute atomic E-state index is 9.31. The minimum atomic E-state index is 0.0982. The van der Waals surface area contributed by atoms with E-state index in [4.69, 9.17) is 0 Å². The number of aliphatic hydroxyl groups excluding tert-OH is 1. The molecule has 0 unspecified atom stereocenters. The lowest BCUT2D eigenvalue weighted by molar-refractivity contribution is 0.301. The Labute approximate surface area is 130 Å². The Bertz CT molecular complexity index is 452. The number of nitrogens with zero attached hydrogens (tertiary/aromatic N) is 1. The van der Waals surface area contributed by atoms with Gasteiger partial charge in [-0.3, -0.25) is 0 Å². The quantitative estimate of drug-likeness (QED) is 0.833. The zero-order valence-electron chi connectivity index (χ0n) is 12.6. The SMILES string of the molecule is CC(C)(C)NCc1cc(Br)ccc1N(CCO)C1CC1. The molecule has 1 aliphatic carbocycles. The van der Waals surface area contributed by atoms with Crippen LogP contribution in [-0.4, -0.2) is 29.8 Å². The highest BCUT2D eigenvalue weighted by atomic mass is 79.9. The lowest BCUT2D eigenvalue weighted by Gasteiger charge is -2.28. The van der Waals surface area contributed by atoms with Gasteiger partial charge in [0, 0.05) is 34.8 Å². The van der Waals surface area contributed by atoms with Crippen LogP contribution < -0.4 is 10.2 Å². The number of hydrogen-bond acceptors (Lipinski definition) is 3. The Morgan fingerprint density at radius 3 is 2.60 bits per heavy atom. The molecular formula is C16H25BrN2O. The van der Waals surface area contributed by atoms with E-state index in [1.807, 2.05) is 0 Å². The highest BCUT2D eigenvalue weighted by Crippen LogP contribution is 2.34. The molecule has 0 bridgehead atoms. The van der Waals surface area contributed by atoms with Crippen LogP contribution in [0, 0.1) is 0 Å². The fourth-order valence-electron chi connectivity index (χ4n) is 2.33. The van der Waals surface area contributed by atoms with Gasteiger partial charge in [0.05, 0.1) is 6.61 Å². The van der Waals surface area contributed by atoms with Gasteiger partial charge in [0.15, 0.2) is 0 Å². The Morgan fingerprint density at radius 1 is 1.35 bits per heavy atom. The van der Waals surface area contributed by atoms with Crippen molar-refractivity contribution in [2.45, 2.75) is 51.7 Å². The Morgan fingerprint density at radius 2 is 2.05 bits per heavy atom. The lowest BCUT2D eigenvalue weighted by Crippen LogP contribution is -2.36. The van der Waals surface area contributed by atoms with Crippen molar-refractivity contribution < 1.29 is 5.11 Å². The molecule has 4 heteroatoms. The summed E-state index contributed by atoms with van der Waals surface area (Å²) in [5.41, 5.74) is 2.64. The molecule has 0 aromatic heterocycles. The molecule has 0 atom stereocenters. The van der Waals surface area contributed by atoms with Crippen LogP contribution in [0.5, 0.6) is 0 Å². The maximum atomic E-state index is 9.31. The van der Waals surface area contributed by atoms with Gasteiger partial charge in [0.2, 0.25) is 0 Å². The van der Waals surface area contributed by atoms with Crippen LogP contribution in [0.1, 0.15) is 39.2 Å². The maximum Gasteiger partial charge on any atom is 0.0606 e. The van der Waals surface area contributed by atoms with Gasteiger partial charge in [-0.2, -0.15) is 0 Å². The number of anilines is 1. The molecule has 2 rings (SSSR count). The third-order valence-electron chi connectivity index (χ3n) is 3.49. The first-order chi connectivity index (χ1) is 9.40. The van der Waals surface area contributed by atoms with Gasteiger partial charge in [-0.05, 0) is 57.4 Å². The number of benzene rings is 1. The minimum Gasteiger partial charge on any atom is -0.395 e. The molecule has 1 saturated carbocycles. The van der Waals surface area contributed by atoms with Crippen LogP contribution in [0.15, 0.2) is 22.7 Å². The van der Waals surface area contributed by atoms with E-state index in [0.29, 0.717) is 6.04 Å². The Hall–Kier alpha value is -0.580. The Kier molecular flexibility index (Phi) is 5.10. The second-order valence-electron chi connectivity index (χ2n) is 6.52. The Balaban J connectivity index is 2.21. The highest BCUT2D eigenvalue weighted by Gasteiger charge is 2.30. The first kappa shape index (κ1) is 15.8. The van der Waals surface area contributed by atoms with Crippen LogP contribution in [0.3, 0.4) is 0 Å². The minimum absolute atomic E-state index is 0.0982. The van der Waals surface area contributed by atoms with Crippen molar-refractivity contribution in [3.05, 3.63) is 28.2 Å². The standard InChI is InChI=1S/C16H25BrN2O/c1-16(2,3)18-11-12-10-13(17)4-7-15(12)19(8-9-20)14-5-6-14/h4,7,10,14,18,20H,5-6,8-9,11H2,1-3H3. The van der Waals surface area contributed by atoms with Gasteiger partial charge in [0.1, 0.15) is 0 Å². The third-order valence-corrected chi connectivity index (χ3v) is 3.98. The van der Waals surface area contributed by atoms with Crippen molar-refractivity contribution in [2.75, 3.05) is 18.1 Å². The summed E-state index contributed by atoms with van der Waals surface area (Å²) >= 11 is 3.56. The molecule has 112 valence electrons. The second kappa shape index (κ2) is 6.46. The van der Waals surface area contributed by atoms with Gasteiger partial charge in [-0.1, -0.05) is 15.9 Å². The van der Waals surface area contributed by atoms with E-state index in [0.717, 1.165) is 17.6 Å². The van der Waals surface area contributed by atoms with Gasteiger partial charge in [-0.15, -0.1) is 0 Å². The van der Waals surface area contributed by atoms with Crippen LogP contribution in [0.25, 0.3) is 0 Å². The van der Waals surface area contributed by atoms with Crippen LogP contribution in [0.2, 0.25) is 0 Å². The summed E-state index contributed by atoms with van der Waals surface area (Å²) < 4.78 is 1.10. The third kappa shape index (κ3) is 4.47. The lowest BCUT2D eigenvalue weighted by atomic mass is 10.1. The molecule has 0 aliphatic heterocycles. The molecule has 0 saturated heterocycles. The van der Waals surface area contributed by atoms with E-state index in [-0.39, 0.29) is 12.1 Å². The van der Waals surface area contributed by atoms with E-state index < -0.39 is 0 Å². The zero-order chi connectivity index (χ0) is 14.8. The van der Waals surface area contributed by atoms with Crippen molar-refractivity contribution in [1.29, 1.82) is 0 Å².